The van der Waals surface area contributed by atoms with E-state index in [-0.39, 0.29) is 17.9 Å². The van der Waals surface area contributed by atoms with E-state index in [1.807, 2.05) is 24.3 Å². The van der Waals surface area contributed by atoms with Crippen LogP contribution < -0.4 is 9.64 Å². The van der Waals surface area contributed by atoms with Gasteiger partial charge in [0.05, 0.1) is 5.69 Å². The van der Waals surface area contributed by atoms with Crippen LogP contribution in [0, 0.1) is 3.57 Å². The van der Waals surface area contributed by atoms with E-state index >= 15 is 0 Å². The molecule has 0 saturated heterocycles. The Hall–Kier alpha value is -1.58. The van der Waals surface area contributed by atoms with Crippen LogP contribution in [-0.4, -0.2) is 23.1 Å². The molecule has 1 heterocycles. The Balaban J connectivity index is 1.94. The molecule has 1 aromatic carbocycles. The Kier molecular flexibility index (Phi) is 5.89. The van der Waals surface area contributed by atoms with Crippen LogP contribution in [-0.2, 0) is 6.18 Å². The van der Waals surface area contributed by atoms with Gasteiger partial charge in [-0.3, -0.25) is 0 Å². The van der Waals surface area contributed by atoms with E-state index in [0.29, 0.717) is 0 Å². The van der Waals surface area contributed by atoms with Crippen molar-refractivity contribution in [3.8, 4) is 5.88 Å². The number of halogens is 4. The lowest BCUT2D eigenvalue weighted by Gasteiger charge is -2.25. The van der Waals surface area contributed by atoms with E-state index in [4.69, 9.17) is 4.74 Å². The van der Waals surface area contributed by atoms with Gasteiger partial charge in [-0.1, -0.05) is 18.6 Å². The first-order valence-corrected chi connectivity index (χ1v) is 9.53. The number of para-hydroxylation sites is 1. The van der Waals surface area contributed by atoms with Crippen LogP contribution in [0.15, 0.2) is 30.5 Å². The average molecular weight is 477 g/mol. The van der Waals surface area contributed by atoms with Gasteiger partial charge >= 0.3 is 6.18 Å². The number of ether oxygens (including phenoxy) is 1. The molecule has 0 bridgehead atoms. The van der Waals surface area contributed by atoms with Crippen molar-refractivity contribution < 1.29 is 17.9 Å². The maximum Gasteiger partial charge on any atom is 0.423 e. The predicted octanol–water partition coefficient (Wildman–Crippen LogP) is 5.58. The quantitative estimate of drug-likeness (QED) is 0.540. The van der Waals surface area contributed by atoms with Crippen LogP contribution in [0.4, 0.5) is 24.8 Å². The zero-order valence-electron chi connectivity index (χ0n) is 14.3. The fourth-order valence-electron chi connectivity index (χ4n) is 2.98. The molecule has 1 fully saturated rings. The SMILES string of the molecule is CN(c1ncc(C(F)(F)F)c(OC2CCCCC2)n1)c1ccccc1I. The molecule has 1 aliphatic rings. The molecule has 1 saturated carbocycles. The molecule has 4 nitrogen and oxygen atoms in total. The average Bonchev–Trinajstić information content (AvgIpc) is 2.61. The minimum atomic E-state index is -4.55. The van der Waals surface area contributed by atoms with Gasteiger partial charge in [-0.25, -0.2) is 4.98 Å². The number of hydrogen-bond donors (Lipinski definition) is 0. The lowest BCUT2D eigenvalue weighted by Crippen LogP contribution is -2.24. The summed E-state index contributed by atoms with van der Waals surface area (Å²) in [6, 6.07) is 7.53. The van der Waals surface area contributed by atoms with Gasteiger partial charge < -0.3 is 9.64 Å². The van der Waals surface area contributed by atoms with Gasteiger partial charge in [-0.2, -0.15) is 18.2 Å². The maximum absolute atomic E-state index is 13.3. The molecule has 26 heavy (non-hydrogen) atoms. The van der Waals surface area contributed by atoms with Crippen molar-refractivity contribution in [2.24, 2.45) is 0 Å². The molecule has 1 aromatic heterocycles. The van der Waals surface area contributed by atoms with E-state index in [9.17, 15) is 13.2 Å². The third kappa shape index (κ3) is 4.39. The highest BCUT2D eigenvalue weighted by Crippen LogP contribution is 2.37. The Labute approximate surface area is 163 Å². The minimum Gasteiger partial charge on any atom is -0.474 e. The minimum absolute atomic E-state index is 0.174. The largest absolute Gasteiger partial charge is 0.474 e. The summed E-state index contributed by atoms with van der Waals surface area (Å²) in [6.07, 6.45) is 0.560. The summed E-state index contributed by atoms with van der Waals surface area (Å²) >= 11 is 2.17. The standard InChI is InChI=1S/C18H19F3IN3O/c1-25(15-10-6-5-9-14(15)22)17-23-11-13(18(19,20)21)16(24-17)26-12-7-3-2-4-8-12/h5-6,9-12H,2-4,7-8H2,1H3. The van der Waals surface area contributed by atoms with E-state index in [0.717, 1.165) is 47.6 Å². The lowest BCUT2D eigenvalue weighted by atomic mass is 9.98. The fraction of sp³-hybridized carbons (Fsp3) is 0.444. The first-order chi connectivity index (χ1) is 12.4. The molecule has 2 aromatic rings. The molecule has 1 aliphatic carbocycles. The van der Waals surface area contributed by atoms with Crippen LogP contribution in [0.5, 0.6) is 5.88 Å². The molecule has 0 atom stereocenters. The highest BCUT2D eigenvalue weighted by Gasteiger charge is 2.37. The van der Waals surface area contributed by atoms with Crippen molar-refractivity contribution in [3.63, 3.8) is 0 Å². The first kappa shape index (κ1) is 19.2. The number of benzene rings is 1. The van der Waals surface area contributed by atoms with Crippen LogP contribution >= 0.6 is 22.6 Å². The third-order valence-corrected chi connectivity index (χ3v) is 5.30. The summed E-state index contributed by atoms with van der Waals surface area (Å²) in [7, 11) is 1.73. The predicted molar refractivity (Wildman–Crippen MR) is 102 cm³/mol. The third-order valence-electron chi connectivity index (χ3n) is 4.39. The van der Waals surface area contributed by atoms with Gasteiger partial charge in [0.2, 0.25) is 11.8 Å². The Morgan fingerprint density at radius 2 is 1.85 bits per heavy atom. The smallest absolute Gasteiger partial charge is 0.423 e. The number of nitrogens with zero attached hydrogens (tertiary/aromatic N) is 3. The van der Waals surface area contributed by atoms with Crippen molar-refractivity contribution in [2.45, 2.75) is 44.4 Å². The van der Waals surface area contributed by atoms with Gasteiger partial charge in [0.25, 0.3) is 0 Å². The van der Waals surface area contributed by atoms with Crippen molar-refractivity contribution in [1.82, 2.24) is 9.97 Å². The first-order valence-electron chi connectivity index (χ1n) is 8.45. The van der Waals surface area contributed by atoms with Crippen molar-refractivity contribution >= 4 is 34.2 Å². The van der Waals surface area contributed by atoms with E-state index in [2.05, 4.69) is 32.6 Å². The van der Waals surface area contributed by atoms with Crippen molar-refractivity contribution in [1.29, 1.82) is 0 Å². The number of rotatable bonds is 4. The van der Waals surface area contributed by atoms with E-state index in [1.165, 1.54) is 0 Å². The molecule has 0 aliphatic heterocycles. The van der Waals surface area contributed by atoms with Gasteiger partial charge in [-0.15, -0.1) is 0 Å². The lowest BCUT2D eigenvalue weighted by molar-refractivity contribution is -0.140. The highest BCUT2D eigenvalue weighted by molar-refractivity contribution is 14.1. The number of anilines is 2. The van der Waals surface area contributed by atoms with Crippen LogP contribution in [0.25, 0.3) is 0 Å². The van der Waals surface area contributed by atoms with Gasteiger partial charge in [0.15, 0.2) is 0 Å². The normalized spacial score (nSPS) is 15.7. The summed E-state index contributed by atoms with van der Waals surface area (Å²) in [5.41, 5.74) is -0.112. The molecule has 140 valence electrons. The maximum atomic E-state index is 13.3. The molecule has 8 heteroatoms. The molecular weight excluding hydrogens is 458 g/mol. The molecule has 0 N–H and O–H groups in total. The monoisotopic (exact) mass is 477 g/mol. The summed E-state index contributed by atoms with van der Waals surface area (Å²) in [5.74, 6) is -0.208. The van der Waals surface area contributed by atoms with Crippen LogP contribution in [0.1, 0.15) is 37.7 Å². The second-order valence-electron chi connectivity index (χ2n) is 6.27. The van der Waals surface area contributed by atoms with Gasteiger partial charge in [0, 0.05) is 16.8 Å². The topological polar surface area (TPSA) is 38.2 Å². The molecule has 0 unspecified atom stereocenters. The van der Waals surface area contributed by atoms with Crippen molar-refractivity contribution in [2.75, 3.05) is 11.9 Å². The van der Waals surface area contributed by atoms with E-state index < -0.39 is 11.7 Å². The highest BCUT2D eigenvalue weighted by atomic mass is 127. The summed E-state index contributed by atoms with van der Waals surface area (Å²) in [5, 5.41) is 0. The van der Waals surface area contributed by atoms with Crippen molar-refractivity contribution in [3.05, 3.63) is 39.6 Å². The van der Waals surface area contributed by atoms with Gasteiger partial charge in [0.1, 0.15) is 11.7 Å². The van der Waals surface area contributed by atoms with E-state index in [1.54, 1.807) is 11.9 Å². The molecule has 3 rings (SSSR count). The second kappa shape index (κ2) is 7.98. The zero-order valence-corrected chi connectivity index (χ0v) is 16.4. The summed E-state index contributed by atoms with van der Waals surface area (Å²) < 4.78 is 46.7. The summed E-state index contributed by atoms with van der Waals surface area (Å²) in [6.45, 7) is 0. The Morgan fingerprint density at radius 1 is 1.15 bits per heavy atom. The number of hydrogen-bond acceptors (Lipinski definition) is 4. The Bertz CT molecular complexity index is 764. The second-order valence-corrected chi connectivity index (χ2v) is 7.44. The van der Waals surface area contributed by atoms with Gasteiger partial charge in [-0.05, 0) is 60.4 Å². The number of alkyl halides is 3. The zero-order chi connectivity index (χ0) is 18.7. The molecule has 0 radical (unpaired) electrons. The molecular formula is C18H19F3IN3O. The molecule has 0 amide bonds. The fourth-order valence-corrected chi connectivity index (χ4v) is 3.72. The summed E-state index contributed by atoms with van der Waals surface area (Å²) in [4.78, 5) is 9.71. The number of aromatic nitrogens is 2. The Morgan fingerprint density at radius 3 is 2.50 bits per heavy atom. The van der Waals surface area contributed by atoms with Crippen LogP contribution in [0.2, 0.25) is 0 Å². The molecule has 0 spiro atoms. The van der Waals surface area contributed by atoms with Crippen LogP contribution in [0.3, 0.4) is 0 Å².